The molecule has 2 unspecified atom stereocenters. The average Bonchev–Trinajstić information content (AvgIpc) is 2.69. The van der Waals surface area contributed by atoms with Crippen LogP contribution >= 0.6 is 11.6 Å². The molecule has 0 aliphatic carbocycles. The number of hydrogen-bond acceptors (Lipinski definition) is 3. The van der Waals surface area contributed by atoms with E-state index in [-0.39, 0.29) is 10.7 Å². The predicted octanol–water partition coefficient (Wildman–Crippen LogP) is 3.20. The number of aromatic nitrogens is 1. The fraction of sp³-hybridized carbons (Fsp3) is 0.538. The van der Waals surface area contributed by atoms with Gasteiger partial charge in [-0.3, -0.25) is 0 Å². The SMILES string of the molecule is CCC1CCC(C)N1c1cc(C(=O)O)cc(Cl)n1. The lowest BCUT2D eigenvalue weighted by molar-refractivity contribution is 0.0696. The van der Waals surface area contributed by atoms with Gasteiger partial charge in [-0.25, -0.2) is 9.78 Å². The van der Waals surface area contributed by atoms with Gasteiger partial charge in [0, 0.05) is 12.1 Å². The van der Waals surface area contributed by atoms with Gasteiger partial charge in [-0.1, -0.05) is 18.5 Å². The summed E-state index contributed by atoms with van der Waals surface area (Å²) >= 11 is 5.91. The molecule has 1 saturated heterocycles. The first kappa shape index (κ1) is 13.1. The van der Waals surface area contributed by atoms with Crippen LogP contribution in [-0.4, -0.2) is 28.1 Å². The molecule has 2 rings (SSSR count). The van der Waals surface area contributed by atoms with Crippen molar-refractivity contribution < 1.29 is 9.90 Å². The smallest absolute Gasteiger partial charge is 0.335 e. The molecule has 1 aliphatic heterocycles. The van der Waals surface area contributed by atoms with Crippen molar-refractivity contribution in [3.05, 3.63) is 22.8 Å². The second-order valence-corrected chi connectivity index (χ2v) is 5.12. The number of carboxylic acids is 1. The summed E-state index contributed by atoms with van der Waals surface area (Å²) in [5.41, 5.74) is 0.193. The fourth-order valence-electron chi connectivity index (χ4n) is 2.62. The van der Waals surface area contributed by atoms with Gasteiger partial charge in [-0.05, 0) is 38.3 Å². The number of anilines is 1. The number of nitrogens with zero attached hydrogens (tertiary/aromatic N) is 2. The normalized spacial score (nSPS) is 23.4. The van der Waals surface area contributed by atoms with Crippen molar-refractivity contribution in [2.45, 2.75) is 45.2 Å². The molecule has 1 aliphatic rings. The maximum atomic E-state index is 11.0. The molecule has 0 aromatic carbocycles. The van der Waals surface area contributed by atoms with Crippen LogP contribution in [0.2, 0.25) is 5.15 Å². The summed E-state index contributed by atoms with van der Waals surface area (Å²) in [4.78, 5) is 17.5. The molecule has 0 saturated carbocycles. The average molecular weight is 269 g/mol. The second-order valence-electron chi connectivity index (χ2n) is 4.74. The highest BCUT2D eigenvalue weighted by molar-refractivity contribution is 6.29. The zero-order chi connectivity index (χ0) is 13.3. The van der Waals surface area contributed by atoms with Crippen LogP contribution in [0.3, 0.4) is 0 Å². The summed E-state index contributed by atoms with van der Waals surface area (Å²) in [7, 11) is 0. The Morgan fingerprint density at radius 2 is 2.28 bits per heavy atom. The van der Waals surface area contributed by atoms with Crippen LogP contribution in [-0.2, 0) is 0 Å². The number of carboxylic acid groups (broad SMARTS) is 1. The maximum absolute atomic E-state index is 11.0. The lowest BCUT2D eigenvalue weighted by Gasteiger charge is -2.29. The van der Waals surface area contributed by atoms with Gasteiger partial charge in [0.15, 0.2) is 0 Å². The molecule has 0 radical (unpaired) electrons. The van der Waals surface area contributed by atoms with E-state index in [1.54, 1.807) is 6.07 Å². The minimum absolute atomic E-state index is 0.193. The topological polar surface area (TPSA) is 53.4 Å². The molecule has 0 bridgehead atoms. The van der Waals surface area contributed by atoms with E-state index in [1.807, 2.05) is 0 Å². The molecule has 1 aromatic rings. The highest BCUT2D eigenvalue weighted by Crippen LogP contribution is 2.32. The van der Waals surface area contributed by atoms with Gasteiger partial charge in [0.05, 0.1) is 5.56 Å². The van der Waals surface area contributed by atoms with Crippen LogP contribution in [0.1, 0.15) is 43.5 Å². The molecule has 98 valence electrons. The number of aromatic carboxylic acids is 1. The lowest BCUT2D eigenvalue weighted by atomic mass is 10.1. The van der Waals surface area contributed by atoms with Crippen LogP contribution in [0.5, 0.6) is 0 Å². The molecular weight excluding hydrogens is 252 g/mol. The molecule has 0 amide bonds. The number of pyridine rings is 1. The summed E-state index contributed by atoms with van der Waals surface area (Å²) in [6.07, 6.45) is 3.25. The van der Waals surface area contributed by atoms with Gasteiger partial charge in [0.2, 0.25) is 0 Å². The minimum atomic E-state index is -0.972. The van der Waals surface area contributed by atoms with Crippen molar-refractivity contribution in [3.63, 3.8) is 0 Å². The molecule has 5 heteroatoms. The van der Waals surface area contributed by atoms with E-state index in [0.717, 1.165) is 19.3 Å². The summed E-state index contributed by atoms with van der Waals surface area (Å²) in [5.74, 6) is -0.294. The van der Waals surface area contributed by atoms with Crippen molar-refractivity contribution in [3.8, 4) is 0 Å². The van der Waals surface area contributed by atoms with Gasteiger partial charge >= 0.3 is 5.97 Å². The Bertz CT molecular complexity index is 464. The van der Waals surface area contributed by atoms with E-state index in [9.17, 15) is 4.79 Å². The van der Waals surface area contributed by atoms with Crippen molar-refractivity contribution in [2.24, 2.45) is 0 Å². The van der Waals surface area contributed by atoms with E-state index >= 15 is 0 Å². The van der Waals surface area contributed by atoms with Gasteiger partial charge < -0.3 is 10.0 Å². The van der Waals surface area contributed by atoms with Crippen LogP contribution < -0.4 is 4.90 Å². The Balaban J connectivity index is 2.40. The van der Waals surface area contributed by atoms with Crippen LogP contribution in [0.4, 0.5) is 5.82 Å². The summed E-state index contributed by atoms with van der Waals surface area (Å²) in [6.45, 7) is 4.27. The third kappa shape index (κ3) is 2.43. The minimum Gasteiger partial charge on any atom is -0.478 e. The van der Waals surface area contributed by atoms with Crippen LogP contribution in [0.15, 0.2) is 12.1 Å². The summed E-state index contributed by atoms with van der Waals surface area (Å²) < 4.78 is 0. The Hall–Kier alpha value is -1.29. The van der Waals surface area contributed by atoms with Crippen molar-refractivity contribution in [1.29, 1.82) is 0 Å². The van der Waals surface area contributed by atoms with Gasteiger partial charge in [0.1, 0.15) is 11.0 Å². The third-order valence-electron chi connectivity index (χ3n) is 3.55. The largest absolute Gasteiger partial charge is 0.478 e. The Labute approximate surface area is 112 Å². The summed E-state index contributed by atoms with van der Waals surface area (Å²) in [5, 5.41) is 9.30. The monoisotopic (exact) mass is 268 g/mol. The van der Waals surface area contributed by atoms with Crippen molar-refractivity contribution >= 4 is 23.4 Å². The van der Waals surface area contributed by atoms with Crippen molar-refractivity contribution in [1.82, 2.24) is 4.98 Å². The van der Waals surface area contributed by atoms with E-state index in [0.29, 0.717) is 17.9 Å². The first-order chi connectivity index (χ1) is 8.52. The van der Waals surface area contributed by atoms with E-state index in [2.05, 4.69) is 23.7 Å². The zero-order valence-electron chi connectivity index (χ0n) is 10.6. The van der Waals surface area contributed by atoms with Gasteiger partial charge in [-0.2, -0.15) is 0 Å². The molecule has 0 spiro atoms. The fourth-order valence-corrected chi connectivity index (χ4v) is 2.83. The molecule has 2 heterocycles. The number of rotatable bonds is 3. The van der Waals surface area contributed by atoms with E-state index in [4.69, 9.17) is 16.7 Å². The number of carbonyl (C=O) groups is 1. The van der Waals surface area contributed by atoms with Gasteiger partial charge in [0.25, 0.3) is 0 Å². The van der Waals surface area contributed by atoms with Crippen LogP contribution in [0.25, 0.3) is 0 Å². The Morgan fingerprint density at radius 3 is 2.89 bits per heavy atom. The second kappa shape index (κ2) is 5.14. The molecular formula is C13H17ClN2O2. The number of halogens is 1. The van der Waals surface area contributed by atoms with Crippen LogP contribution in [0, 0.1) is 0 Å². The standard InChI is InChI=1S/C13H17ClN2O2/c1-3-10-5-4-8(2)16(10)12-7-9(13(17)18)6-11(14)15-12/h6-8,10H,3-5H2,1-2H3,(H,17,18). The predicted molar refractivity (Wildman–Crippen MR) is 71.5 cm³/mol. The van der Waals surface area contributed by atoms with E-state index < -0.39 is 5.97 Å². The molecule has 18 heavy (non-hydrogen) atoms. The quantitative estimate of drug-likeness (QED) is 0.856. The lowest BCUT2D eigenvalue weighted by Crippen LogP contribution is -2.35. The Morgan fingerprint density at radius 1 is 1.56 bits per heavy atom. The highest BCUT2D eigenvalue weighted by Gasteiger charge is 2.30. The first-order valence-electron chi connectivity index (χ1n) is 6.22. The molecule has 1 fully saturated rings. The molecule has 4 nitrogen and oxygen atoms in total. The third-order valence-corrected chi connectivity index (χ3v) is 3.74. The number of hydrogen-bond donors (Lipinski definition) is 1. The summed E-state index contributed by atoms with van der Waals surface area (Å²) in [6, 6.07) is 3.79. The van der Waals surface area contributed by atoms with Gasteiger partial charge in [-0.15, -0.1) is 0 Å². The van der Waals surface area contributed by atoms with E-state index in [1.165, 1.54) is 6.07 Å². The Kier molecular flexibility index (Phi) is 3.76. The maximum Gasteiger partial charge on any atom is 0.335 e. The van der Waals surface area contributed by atoms with Crippen molar-refractivity contribution in [2.75, 3.05) is 4.90 Å². The molecule has 2 atom stereocenters. The zero-order valence-corrected chi connectivity index (χ0v) is 11.3. The first-order valence-corrected chi connectivity index (χ1v) is 6.60. The highest BCUT2D eigenvalue weighted by atomic mass is 35.5. The molecule has 1 N–H and O–H groups in total. The molecule has 1 aromatic heterocycles.